The molecule has 2 saturated heterocycles. The monoisotopic (exact) mass is 252 g/mol. The van der Waals surface area contributed by atoms with Crippen molar-refractivity contribution < 1.29 is 0 Å². The van der Waals surface area contributed by atoms with Crippen molar-refractivity contribution in [3.05, 3.63) is 0 Å². The third-order valence-corrected chi connectivity index (χ3v) is 4.89. The Morgan fingerprint density at radius 2 is 1.89 bits per heavy atom. The van der Waals surface area contributed by atoms with Crippen LogP contribution in [-0.2, 0) is 0 Å². The second kappa shape index (κ2) is 8.16. The van der Waals surface area contributed by atoms with Gasteiger partial charge >= 0.3 is 0 Å². The molecule has 0 aromatic heterocycles. The molecule has 0 saturated carbocycles. The number of piperidine rings is 2. The van der Waals surface area contributed by atoms with Crippen molar-refractivity contribution in [2.45, 2.75) is 58.3 Å². The molecule has 0 aliphatic carbocycles. The Hall–Kier alpha value is -0.0800. The molecule has 2 nitrogen and oxygen atoms in total. The van der Waals surface area contributed by atoms with Crippen LogP contribution in [0.1, 0.15) is 58.3 Å². The first-order chi connectivity index (χ1) is 8.88. The lowest BCUT2D eigenvalue weighted by Gasteiger charge is -2.32. The lowest BCUT2D eigenvalue weighted by atomic mass is 9.91. The number of nitrogens with one attached hydrogen (secondary N) is 1. The summed E-state index contributed by atoms with van der Waals surface area (Å²) in [5.41, 5.74) is 0. The number of hydrogen-bond acceptors (Lipinski definition) is 2. The lowest BCUT2D eigenvalue weighted by Crippen LogP contribution is -2.35. The van der Waals surface area contributed by atoms with Crippen LogP contribution in [0, 0.1) is 11.8 Å². The molecular formula is C16H32N2. The number of hydrogen-bond donors (Lipinski definition) is 1. The fourth-order valence-electron chi connectivity index (χ4n) is 3.68. The average Bonchev–Trinajstić information content (AvgIpc) is 2.42. The van der Waals surface area contributed by atoms with Gasteiger partial charge in [-0.3, -0.25) is 0 Å². The summed E-state index contributed by atoms with van der Waals surface area (Å²) in [5.74, 6) is 2.00. The molecule has 1 unspecified atom stereocenters. The Morgan fingerprint density at radius 1 is 1.06 bits per heavy atom. The maximum Gasteiger partial charge on any atom is -0.00161 e. The Bertz CT molecular complexity index is 203. The number of rotatable bonds is 6. The van der Waals surface area contributed by atoms with Gasteiger partial charge in [0.15, 0.2) is 0 Å². The second-order valence-electron chi connectivity index (χ2n) is 6.43. The quantitative estimate of drug-likeness (QED) is 0.780. The van der Waals surface area contributed by atoms with E-state index in [2.05, 4.69) is 17.1 Å². The maximum absolute atomic E-state index is 3.53. The van der Waals surface area contributed by atoms with Crippen LogP contribution in [0.2, 0.25) is 0 Å². The normalized spacial score (nSPS) is 27.5. The largest absolute Gasteiger partial charge is 0.316 e. The Kier molecular flexibility index (Phi) is 6.50. The molecule has 1 N–H and O–H groups in total. The molecule has 2 fully saturated rings. The zero-order valence-corrected chi connectivity index (χ0v) is 12.3. The summed E-state index contributed by atoms with van der Waals surface area (Å²) in [6, 6.07) is 0. The van der Waals surface area contributed by atoms with Gasteiger partial charge in [-0.2, -0.15) is 0 Å². The van der Waals surface area contributed by atoms with Crippen LogP contribution in [0.25, 0.3) is 0 Å². The maximum atomic E-state index is 3.53. The molecular weight excluding hydrogens is 220 g/mol. The molecule has 0 radical (unpaired) electrons. The van der Waals surface area contributed by atoms with Gasteiger partial charge in [0.2, 0.25) is 0 Å². The van der Waals surface area contributed by atoms with Crippen molar-refractivity contribution >= 4 is 0 Å². The van der Waals surface area contributed by atoms with E-state index in [4.69, 9.17) is 0 Å². The van der Waals surface area contributed by atoms with E-state index in [9.17, 15) is 0 Å². The van der Waals surface area contributed by atoms with Gasteiger partial charge < -0.3 is 10.2 Å². The average molecular weight is 252 g/mol. The van der Waals surface area contributed by atoms with E-state index >= 15 is 0 Å². The van der Waals surface area contributed by atoms with E-state index in [1.54, 1.807) is 0 Å². The smallest absolute Gasteiger partial charge is 0.00161 e. The molecule has 106 valence electrons. The van der Waals surface area contributed by atoms with E-state index in [-0.39, 0.29) is 0 Å². The Balaban J connectivity index is 1.52. The van der Waals surface area contributed by atoms with Gasteiger partial charge in [-0.1, -0.05) is 19.8 Å². The van der Waals surface area contributed by atoms with Crippen molar-refractivity contribution in [2.24, 2.45) is 11.8 Å². The summed E-state index contributed by atoms with van der Waals surface area (Å²) in [6.45, 7) is 8.95. The Morgan fingerprint density at radius 3 is 2.56 bits per heavy atom. The molecule has 0 spiro atoms. The van der Waals surface area contributed by atoms with E-state index in [1.165, 1.54) is 84.1 Å². The van der Waals surface area contributed by atoms with Gasteiger partial charge in [0.1, 0.15) is 0 Å². The molecule has 0 aromatic carbocycles. The predicted molar refractivity (Wildman–Crippen MR) is 78.9 cm³/mol. The molecule has 0 aromatic rings. The summed E-state index contributed by atoms with van der Waals surface area (Å²) in [5, 5.41) is 3.53. The molecule has 2 heterocycles. The molecule has 18 heavy (non-hydrogen) atoms. The van der Waals surface area contributed by atoms with E-state index < -0.39 is 0 Å². The molecule has 2 aliphatic rings. The summed E-state index contributed by atoms with van der Waals surface area (Å²) < 4.78 is 0. The van der Waals surface area contributed by atoms with E-state index in [0.29, 0.717) is 0 Å². The summed E-state index contributed by atoms with van der Waals surface area (Å²) in [7, 11) is 0. The van der Waals surface area contributed by atoms with Crippen LogP contribution >= 0.6 is 0 Å². The van der Waals surface area contributed by atoms with Crippen LogP contribution in [0.15, 0.2) is 0 Å². The molecule has 2 heteroatoms. The predicted octanol–water partition coefficient (Wildman–Crippen LogP) is 3.28. The van der Waals surface area contributed by atoms with Gasteiger partial charge in [-0.25, -0.2) is 0 Å². The van der Waals surface area contributed by atoms with Crippen molar-refractivity contribution in [2.75, 3.05) is 32.7 Å². The topological polar surface area (TPSA) is 15.3 Å². The van der Waals surface area contributed by atoms with Crippen LogP contribution < -0.4 is 5.32 Å². The fourth-order valence-corrected chi connectivity index (χ4v) is 3.68. The third kappa shape index (κ3) is 4.89. The van der Waals surface area contributed by atoms with Crippen molar-refractivity contribution in [1.29, 1.82) is 0 Å². The van der Waals surface area contributed by atoms with Crippen molar-refractivity contribution in [3.63, 3.8) is 0 Å². The van der Waals surface area contributed by atoms with E-state index in [1.807, 2.05) is 0 Å². The SMILES string of the molecule is CCCC1CCN(CCCC2CCCNC2)CC1. The summed E-state index contributed by atoms with van der Waals surface area (Å²) in [6.07, 6.45) is 11.5. The fraction of sp³-hybridized carbons (Fsp3) is 1.00. The van der Waals surface area contributed by atoms with Crippen LogP contribution in [0.3, 0.4) is 0 Å². The van der Waals surface area contributed by atoms with Gasteiger partial charge in [0.05, 0.1) is 0 Å². The van der Waals surface area contributed by atoms with Crippen molar-refractivity contribution in [1.82, 2.24) is 10.2 Å². The highest BCUT2D eigenvalue weighted by molar-refractivity contribution is 4.73. The Labute approximate surface area is 114 Å². The highest BCUT2D eigenvalue weighted by atomic mass is 15.1. The van der Waals surface area contributed by atoms with Gasteiger partial charge in [-0.05, 0) is 83.1 Å². The van der Waals surface area contributed by atoms with Crippen LogP contribution in [0.5, 0.6) is 0 Å². The highest BCUT2D eigenvalue weighted by Gasteiger charge is 2.18. The molecule has 2 rings (SSSR count). The molecule has 2 aliphatic heterocycles. The highest BCUT2D eigenvalue weighted by Crippen LogP contribution is 2.22. The minimum absolute atomic E-state index is 0.969. The lowest BCUT2D eigenvalue weighted by molar-refractivity contribution is 0.172. The first kappa shape index (κ1) is 14.3. The molecule has 0 bridgehead atoms. The van der Waals surface area contributed by atoms with Gasteiger partial charge in [-0.15, -0.1) is 0 Å². The van der Waals surface area contributed by atoms with Gasteiger partial charge in [0, 0.05) is 0 Å². The third-order valence-electron chi connectivity index (χ3n) is 4.89. The second-order valence-corrected chi connectivity index (χ2v) is 6.43. The number of nitrogens with zero attached hydrogens (tertiary/aromatic N) is 1. The summed E-state index contributed by atoms with van der Waals surface area (Å²) in [4.78, 5) is 2.71. The number of likely N-dealkylation sites (tertiary alicyclic amines) is 1. The molecule has 0 amide bonds. The standard InChI is InChI=1S/C16H32N2/c1-2-5-15-8-12-18(13-9-15)11-4-7-16-6-3-10-17-14-16/h15-17H,2-14H2,1H3. The van der Waals surface area contributed by atoms with E-state index in [0.717, 1.165) is 11.8 Å². The van der Waals surface area contributed by atoms with Gasteiger partial charge in [0.25, 0.3) is 0 Å². The minimum atomic E-state index is 0.969. The summed E-state index contributed by atoms with van der Waals surface area (Å²) >= 11 is 0. The zero-order chi connectivity index (χ0) is 12.6. The van der Waals surface area contributed by atoms with Crippen LogP contribution in [-0.4, -0.2) is 37.6 Å². The van der Waals surface area contributed by atoms with Crippen molar-refractivity contribution in [3.8, 4) is 0 Å². The zero-order valence-electron chi connectivity index (χ0n) is 12.3. The minimum Gasteiger partial charge on any atom is -0.316 e. The first-order valence-corrected chi connectivity index (χ1v) is 8.31. The molecule has 1 atom stereocenters. The first-order valence-electron chi connectivity index (χ1n) is 8.31. The van der Waals surface area contributed by atoms with Crippen LogP contribution in [0.4, 0.5) is 0 Å².